The molecule has 2 rings (SSSR count). The van der Waals surface area contributed by atoms with E-state index in [1.807, 2.05) is 25.5 Å². The summed E-state index contributed by atoms with van der Waals surface area (Å²) in [6, 6.07) is 1.79. The molecule has 130 valence electrons. The van der Waals surface area contributed by atoms with Gasteiger partial charge in [-0.3, -0.25) is 4.79 Å². The Bertz CT molecular complexity index is 797. The van der Waals surface area contributed by atoms with Crippen LogP contribution in [0, 0.1) is 27.7 Å². The molecule has 0 radical (unpaired) electrons. The number of carbonyl (C=O) groups excluding carboxylic acids is 2. The first-order chi connectivity index (χ1) is 11.1. The van der Waals surface area contributed by atoms with Crippen molar-refractivity contribution in [1.29, 1.82) is 0 Å². The number of aromatic amines is 1. The Hall–Kier alpha value is -2.34. The molecule has 0 aliphatic heterocycles. The molecule has 0 saturated carbocycles. The van der Waals surface area contributed by atoms with E-state index >= 15 is 0 Å². The second-order valence-electron chi connectivity index (χ2n) is 6.18. The van der Waals surface area contributed by atoms with E-state index in [2.05, 4.69) is 4.98 Å². The van der Waals surface area contributed by atoms with Gasteiger partial charge < -0.3 is 19.4 Å². The third kappa shape index (κ3) is 3.14. The van der Waals surface area contributed by atoms with Gasteiger partial charge in [-0.05, 0) is 46.2 Å². The highest BCUT2D eigenvalue weighted by Crippen LogP contribution is 2.25. The van der Waals surface area contributed by atoms with Gasteiger partial charge in [0.1, 0.15) is 5.69 Å². The van der Waals surface area contributed by atoms with Gasteiger partial charge in [-0.15, -0.1) is 0 Å². The molecule has 24 heavy (non-hydrogen) atoms. The van der Waals surface area contributed by atoms with E-state index in [9.17, 15) is 14.7 Å². The Morgan fingerprint density at radius 2 is 1.92 bits per heavy atom. The minimum absolute atomic E-state index is 0.235. The molecular weight excluding hydrogens is 308 g/mol. The fourth-order valence-electron chi connectivity index (χ4n) is 3.01. The number of ether oxygens (including phenoxy) is 1. The number of aliphatic hydroxyl groups excluding tert-OH is 1. The maximum atomic E-state index is 12.3. The van der Waals surface area contributed by atoms with Crippen LogP contribution in [0.3, 0.4) is 0 Å². The van der Waals surface area contributed by atoms with Crippen LogP contribution in [0.5, 0.6) is 0 Å². The fraction of sp³-hybridized carbons (Fsp3) is 0.444. The maximum Gasteiger partial charge on any atom is 0.355 e. The number of nitrogens with zero attached hydrogens (tertiary/aromatic N) is 1. The van der Waals surface area contributed by atoms with Crippen LogP contribution in [-0.2, 0) is 11.8 Å². The van der Waals surface area contributed by atoms with Gasteiger partial charge >= 0.3 is 5.97 Å². The molecule has 0 saturated heterocycles. The lowest BCUT2D eigenvalue weighted by atomic mass is 10.1. The number of ketones is 1. The number of Topliss-reactive ketones (excluding diaryl/α,β-unsaturated/α-hetero) is 1. The predicted octanol–water partition coefficient (Wildman–Crippen LogP) is 2.68. The molecule has 0 aliphatic rings. The van der Waals surface area contributed by atoms with Crippen molar-refractivity contribution in [1.82, 2.24) is 9.55 Å². The lowest BCUT2D eigenvalue weighted by Gasteiger charge is -2.06. The van der Waals surface area contributed by atoms with Gasteiger partial charge in [-0.1, -0.05) is 0 Å². The summed E-state index contributed by atoms with van der Waals surface area (Å²) in [5.74, 6) is -0.831. The van der Waals surface area contributed by atoms with E-state index in [1.165, 1.54) is 0 Å². The molecule has 0 bridgehead atoms. The fourth-order valence-corrected chi connectivity index (χ4v) is 3.01. The van der Waals surface area contributed by atoms with Crippen molar-refractivity contribution < 1.29 is 19.4 Å². The van der Waals surface area contributed by atoms with Crippen LogP contribution in [0.1, 0.15) is 62.1 Å². The number of aliphatic hydroxyl groups is 1. The monoisotopic (exact) mass is 332 g/mol. The van der Waals surface area contributed by atoms with Gasteiger partial charge in [0.25, 0.3) is 0 Å². The van der Waals surface area contributed by atoms with Gasteiger partial charge in [0.2, 0.25) is 5.78 Å². The van der Waals surface area contributed by atoms with E-state index in [0.29, 0.717) is 16.7 Å². The molecule has 2 aromatic heterocycles. The molecule has 0 amide bonds. The normalized spacial score (nSPS) is 12.3. The summed E-state index contributed by atoms with van der Waals surface area (Å²) in [4.78, 5) is 27.5. The molecule has 6 nitrogen and oxygen atoms in total. The van der Waals surface area contributed by atoms with Crippen LogP contribution < -0.4 is 0 Å². The van der Waals surface area contributed by atoms with E-state index in [1.54, 1.807) is 26.8 Å². The van der Waals surface area contributed by atoms with Gasteiger partial charge in [-0.2, -0.15) is 0 Å². The van der Waals surface area contributed by atoms with Crippen LogP contribution in [0.2, 0.25) is 0 Å². The minimum atomic E-state index is -0.681. The van der Waals surface area contributed by atoms with Crippen molar-refractivity contribution in [3.05, 3.63) is 45.5 Å². The molecule has 0 aliphatic carbocycles. The molecule has 2 N–H and O–H groups in total. The summed E-state index contributed by atoms with van der Waals surface area (Å²) < 4.78 is 7.09. The number of rotatable bonds is 5. The second-order valence-corrected chi connectivity index (χ2v) is 6.18. The predicted molar refractivity (Wildman–Crippen MR) is 90.4 cm³/mol. The quantitative estimate of drug-likeness (QED) is 0.651. The Morgan fingerprint density at radius 3 is 2.38 bits per heavy atom. The topological polar surface area (TPSA) is 84.3 Å². The van der Waals surface area contributed by atoms with E-state index in [-0.39, 0.29) is 18.1 Å². The number of nitrogens with one attached hydrogen (secondary N) is 1. The summed E-state index contributed by atoms with van der Waals surface area (Å²) in [7, 11) is 1.89. The molecule has 2 heterocycles. The van der Waals surface area contributed by atoms with Crippen molar-refractivity contribution in [3.8, 4) is 0 Å². The third-order valence-electron chi connectivity index (χ3n) is 4.53. The summed E-state index contributed by atoms with van der Waals surface area (Å²) in [5.41, 5.74) is 4.70. The summed E-state index contributed by atoms with van der Waals surface area (Å²) >= 11 is 0. The number of aromatic nitrogens is 2. The third-order valence-corrected chi connectivity index (χ3v) is 4.53. The van der Waals surface area contributed by atoms with Crippen molar-refractivity contribution in [2.45, 2.75) is 40.7 Å². The molecule has 2 aromatic rings. The van der Waals surface area contributed by atoms with Crippen molar-refractivity contribution in [2.75, 3.05) is 6.61 Å². The number of esters is 1. The molecule has 0 fully saturated rings. The van der Waals surface area contributed by atoms with Crippen LogP contribution in [0.15, 0.2) is 6.07 Å². The lowest BCUT2D eigenvalue weighted by Crippen LogP contribution is -2.16. The molecule has 6 heteroatoms. The van der Waals surface area contributed by atoms with Gasteiger partial charge in [0.15, 0.2) is 6.61 Å². The molecule has 0 aromatic carbocycles. The minimum Gasteiger partial charge on any atom is -0.453 e. The Labute approximate surface area is 141 Å². The maximum absolute atomic E-state index is 12.3. The van der Waals surface area contributed by atoms with E-state index in [4.69, 9.17) is 4.74 Å². The SMILES string of the molecule is Cc1[nH]c(C(=O)OCC(=O)c2cc(C)n(C)c2C)c(C)c1C(C)O. The largest absolute Gasteiger partial charge is 0.453 e. The van der Waals surface area contributed by atoms with Crippen LogP contribution >= 0.6 is 0 Å². The van der Waals surface area contributed by atoms with Crippen molar-refractivity contribution in [2.24, 2.45) is 7.05 Å². The summed E-state index contributed by atoms with van der Waals surface area (Å²) in [5, 5.41) is 9.78. The summed E-state index contributed by atoms with van der Waals surface area (Å²) in [6.07, 6.45) is -0.681. The summed E-state index contributed by atoms with van der Waals surface area (Å²) in [6.45, 7) is 8.63. The van der Waals surface area contributed by atoms with Crippen molar-refractivity contribution in [3.63, 3.8) is 0 Å². The molecule has 1 atom stereocenters. The van der Waals surface area contributed by atoms with Crippen LogP contribution in [0.25, 0.3) is 0 Å². The lowest BCUT2D eigenvalue weighted by molar-refractivity contribution is 0.0468. The first kappa shape index (κ1) is 18.0. The molecular formula is C18H24N2O4. The number of aryl methyl sites for hydroxylation is 2. The number of H-pyrrole nitrogens is 1. The highest BCUT2D eigenvalue weighted by molar-refractivity contribution is 6.00. The van der Waals surface area contributed by atoms with E-state index in [0.717, 1.165) is 17.1 Å². The number of carbonyl (C=O) groups is 2. The zero-order valence-corrected chi connectivity index (χ0v) is 15.0. The number of hydrogen-bond acceptors (Lipinski definition) is 4. The Morgan fingerprint density at radius 1 is 1.29 bits per heavy atom. The van der Waals surface area contributed by atoms with Crippen LogP contribution in [-0.4, -0.2) is 33.0 Å². The van der Waals surface area contributed by atoms with E-state index < -0.39 is 12.1 Å². The first-order valence-electron chi connectivity index (χ1n) is 7.85. The standard InChI is InChI=1S/C18H24N2O4/c1-9-7-14(12(4)20(9)6)15(22)8-24-18(23)17-10(2)16(13(5)21)11(3)19-17/h7,13,19,21H,8H2,1-6H3. The Balaban J connectivity index is 2.12. The average Bonchev–Trinajstić information content (AvgIpc) is 2.95. The van der Waals surface area contributed by atoms with Gasteiger partial charge in [0, 0.05) is 35.3 Å². The van der Waals surface area contributed by atoms with Gasteiger partial charge in [-0.25, -0.2) is 4.79 Å². The zero-order chi connectivity index (χ0) is 18.2. The highest BCUT2D eigenvalue weighted by atomic mass is 16.5. The second kappa shape index (κ2) is 6.65. The number of hydrogen-bond donors (Lipinski definition) is 2. The molecule has 1 unspecified atom stereocenters. The molecule has 0 spiro atoms. The highest BCUT2D eigenvalue weighted by Gasteiger charge is 2.22. The van der Waals surface area contributed by atoms with Crippen molar-refractivity contribution >= 4 is 11.8 Å². The van der Waals surface area contributed by atoms with Gasteiger partial charge in [0.05, 0.1) is 6.10 Å². The smallest absolute Gasteiger partial charge is 0.355 e. The zero-order valence-electron chi connectivity index (χ0n) is 15.0. The first-order valence-corrected chi connectivity index (χ1v) is 7.85. The average molecular weight is 332 g/mol. The van der Waals surface area contributed by atoms with Crippen LogP contribution in [0.4, 0.5) is 0 Å². The Kier molecular flexibility index (Phi) is 4.99.